The van der Waals surface area contributed by atoms with Gasteiger partial charge in [-0.25, -0.2) is 0 Å². The van der Waals surface area contributed by atoms with E-state index in [1.54, 1.807) is 0 Å². The summed E-state index contributed by atoms with van der Waals surface area (Å²) in [7, 11) is 1.39. The fraction of sp³-hybridized carbons (Fsp3) is 0.200. The number of benzene rings is 1. The van der Waals surface area contributed by atoms with Gasteiger partial charge in [0, 0.05) is 16.2 Å². The second kappa shape index (κ2) is 4.98. The summed E-state index contributed by atoms with van der Waals surface area (Å²) in [6, 6.07) is 2.93. The lowest BCUT2D eigenvalue weighted by atomic mass is 10.1. The van der Waals surface area contributed by atoms with Gasteiger partial charge in [0.2, 0.25) is 0 Å². The van der Waals surface area contributed by atoms with E-state index in [1.807, 2.05) is 0 Å². The van der Waals surface area contributed by atoms with Crippen LogP contribution in [-0.4, -0.2) is 24.0 Å². The number of hydrogen-bond donors (Lipinski definition) is 2. The Hall–Kier alpha value is -1.56. The van der Waals surface area contributed by atoms with Crippen molar-refractivity contribution < 1.29 is 19.4 Å². The summed E-state index contributed by atoms with van der Waals surface area (Å²) < 4.78 is 5.50. The predicted octanol–water partition coefficient (Wildman–Crippen LogP) is 1.70. The van der Waals surface area contributed by atoms with Gasteiger partial charge in [-0.2, -0.15) is 0 Å². The second-order valence-corrected chi connectivity index (χ2v) is 3.92. The molecule has 0 atom stereocenters. The SMILES string of the molecule is COc1cc(N)c(Br)cc1C(=O)CC(=O)O. The van der Waals surface area contributed by atoms with Crippen molar-refractivity contribution in [2.75, 3.05) is 12.8 Å². The van der Waals surface area contributed by atoms with Gasteiger partial charge >= 0.3 is 5.97 Å². The molecule has 6 heteroatoms. The minimum Gasteiger partial charge on any atom is -0.496 e. The van der Waals surface area contributed by atoms with Crippen molar-refractivity contribution in [3.8, 4) is 5.75 Å². The normalized spacial score (nSPS) is 9.88. The highest BCUT2D eigenvalue weighted by atomic mass is 79.9. The smallest absolute Gasteiger partial charge is 0.311 e. The van der Waals surface area contributed by atoms with Gasteiger partial charge < -0.3 is 15.6 Å². The minimum atomic E-state index is -1.18. The van der Waals surface area contributed by atoms with Crippen LogP contribution in [0.1, 0.15) is 16.8 Å². The van der Waals surface area contributed by atoms with Crippen LogP contribution in [0.15, 0.2) is 16.6 Å². The number of ketones is 1. The van der Waals surface area contributed by atoms with E-state index in [0.717, 1.165) is 0 Å². The summed E-state index contributed by atoms with van der Waals surface area (Å²) in [6.07, 6.45) is -0.577. The summed E-state index contributed by atoms with van der Waals surface area (Å²) in [6.45, 7) is 0. The molecule has 1 rings (SSSR count). The Morgan fingerprint density at radius 1 is 1.50 bits per heavy atom. The van der Waals surface area contributed by atoms with E-state index in [9.17, 15) is 9.59 Å². The summed E-state index contributed by atoms with van der Waals surface area (Å²) in [4.78, 5) is 22.0. The molecule has 0 unspecified atom stereocenters. The number of anilines is 1. The van der Waals surface area contributed by atoms with Gasteiger partial charge in [-0.1, -0.05) is 0 Å². The van der Waals surface area contributed by atoms with Crippen LogP contribution in [0.5, 0.6) is 5.75 Å². The van der Waals surface area contributed by atoms with Gasteiger partial charge in [0.25, 0.3) is 0 Å². The van der Waals surface area contributed by atoms with Crippen molar-refractivity contribution >= 4 is 33.4 Å². The van der Waals surface area contributed by atoms with Gasteiger partial charge in [0.1, 0.15) is 12.2 Å². The van der Waals surface area contributed by atoms with E-state index in [1.165, 1.54) is 19.2 Å². The number of carboxylic acid groups (broad SMARTS) is 1. The van der Waals surface area contributed by atoms with Gasteiger partial charge in [-0.3, -0.25) is 9.59 Å². The molecule has 0 aliphatic heterocycles. The molecular weight excluding hydrogens is 278 g/mol. The number of rotatable bonds is 4. The Morgan fingerprint density at radius 2 is 2.12 bits per heavy atom. The van der Waals surface area contributed by atoms with E-state index in [0.29, 0.717) is 10.2 Å². The first kappa shape index (κ1) is 12.5. The molecule has 1 aromatic rings. The molecular formula is C10H10BrNO4. The maximum absolute atomic E-state index is 11.6. The van der Waals surface area contributed by atoms with Crippen molar-refractivity contribution in [3.05, 3.63) is 22.2 Å². The molecule has 16 heavy (non-hydrogen) atoms. The van der Waals surface area contributed by atoms with Crippen molar-refractivity contribution in [1.82, 2.24) is 0 Å². The maximum atomic E-state index is 11.6. The van der Waals surface area contributed by atoms with Crippen molar-refractivity contribution in [2.24, 2.45) is 0 Å². The molecule has 1 aromatic carbocycles. The van der Waals surface area contributed by atoms with Crippen LogP contribution in [-0.2, 0) is 4.79 Å². The third-order valence-electron chi connectivity index (χ3n) is 1.93. The Kier molecular flexibility index (Phi) is 3.89. The molecule has 0 spiro atoms. The molecule has 0 aromatic heterocycles. The quantitative estimate of drug-likeness (QED) is 0.500. The van der Waals surface area contributed by atoms with Gasteiger partial charge in [-0.15, -0.1) is 0 Å². The van der Waals surface area contributed by atoms with Gasteiger partial charge in [-0.05, 0) is 22.0 Å². The second-order valence-electron chi connectivity index (χ2n) is 3.07. The topological polar surface area (TPSA) is 89.6 Å². The zero-order valence-electron chi connectivity index (χ0n) is 8.49. The third kappa shape index (κ3) is 2.73. The number of carboxylic acids is 1. The molecule has 0 saturated heterocycles. The molecule has 0 heterocycles. The number of halogens is 1. The number of ether oxygens (including phenoxy) is 1. The number of carbonyl (C=O) groups excluding carboxylic acids is 1. The number of methoxy groups -OCH3 is 1. The highest BCUT2D eigenvalue weighted by Crippen LogP contribution is 2.29. The van der Waals surface area contributed by atoms with Crippen LogP contribution >= 0.6 is 15.9 Å². The highest BCUT2D eigenvalue weighted by Gasteiger charge is 2.17. The number of Topliss-reactive ketones (excluding diaryl/α,β-unsaturated/α-hetero) is 1. The summed E-state index contributed by atoms with van der Waals surface area (Å²) in [5.74, 6) is -1.43. The first-order valence-corrected chi connectivity index (χ1v) is 5.13. The Bertz CT molecular complexity index is 445. The van der Waals surface area contributed by atoms with E-state index < -0.39 is 18.2 Å². The lowest BCUT2D eigenvalue weighted by Gasteiger charge is -2.09. The van der Waals surface area contributed by atoms with Crippen LogP contribution in [0, 0.1) is 0 Å². The van der Waals surface area contributed by atoms with Crippen molar-refractivity contribution in [2.45, 2.75) is 6.42 Å². The van der Waals surface area contributed by atoms with Crippen molar-refractivity contribution in [3.63, 3.8) is 0 Å². The first-order valence-electron chi connectivity index (χ1n) is 4.33. The Balaban J connectivity index is 3.16. The molecule has 5 nitrogen and oxygen atoms in total. The monoisotopic (exact) mass is 287 g/mol. The molecule has 0 fully saturated rings. The number of nitrogen functional groups attached to an aromatic ring is 1. The van der Waals surface area contributed by atoms with Gasteiger partial charge in [0.05, 0.1) is 12.7 Å². The van der Waals surface area contributed by atoms with E-state index in [-0.39, 0.29) is 11.3 Å². The Morgan fingerprint density at radius 3 is 2.62 bits per heavy atom. The zero-order chi connectivity index (χ0) is 12.3. The van der Waals surface area contributed by atoms with Crippen LogP contribution in [0.4, 0.5) is 5.69 Å². The van der Waals surface area contributed by atoms with Gasteiger partial charge in [0.15, 0.2) is 5.78 Å². The van der Waals surface area contributed by atoms with E-state index >= 15 is 0 Å². The molecule has 0 radical (unpaired) electrons. The van der Waals surface area contributed by atoms with Crippen LogP contribution in [0.3, 0.4) is 0 Å². The zero-order valence-corrected chi connectivity index (χ0v) is 10.1. The van der Waals surface area contributed by atoms with E-state index in [2.05, 4.69) is 15.9 Å². The third-order valence-corrected chi connectivity index (χ3v) is 2.62. The number of nitrogens with two attached hydrogens (primary N) is 1. The molecule has 0 bridgehead atoms. The fourth-order valence-corrected chi connectivity index (χ4v) is 1.53. The summed E-state index contributed by atoms with van der Waals surface area (Å²) >= 11 is 3.16. The predicted molar refractivity (Wildman–Crippen MR) is 61.7 cm³/mol. The molecule has 0 saturated carbocycles. The lowest BCUT2D eigenvalue weighted by Crippen LogP contribution is -2.09. The lowest BCUT2D eigenvalue weighted by molar-refractivity contribution is -0.135. The average Bonchev–Trinajstić information content (AvgIpc) is 2.20. The molecule has 86 valence electrons. The van der Waals surface area contributed by atoms with Crippen LogP contribution in [0.25, 0.3) is 0 Å². The molecule has 0 amide bonds. The molecule has 3 N–H and O–H groups in total. The fourth-order valence-electron chi connectivity index (χ4n) is 1.19. The number of aliphatic carboxylic acids is 1. The van der Waals surface area contributed by atoms with Crippen LogP contribution in [0.2, 0.25) is 0 Å². The number of carbonyl (C=O) groups is 2. The summed E-state index contributed by atoms with van der Waals surface area (Å²) in [5, 5.41) is 8.53. The molecule has 0 aliphatic rings. The maximum Gasteiger partial charge on any atom is 0.311 e. The standard InChI is InChI=1S/C10H10BrNO4/c1-16-9-3-7(12)6(11)2-5(9)8(13)4-10(14)15/h2-3H,4,12H2,1H3,(H,14,15). The molecule has 0 aliphatic carbocycles. The van der Waals surface area contributed by atoms with Crippen LogP contribution < -0.4 is 10.5 Å². The van der Waals surface area contributed by atoms with Crippen molar-refractivity contribution in [1.29, 1.82) is 0 Å². The summed E-state index contributed by atoms with van der Waals surface area (Å²) in [5.41, 5.74) is 6.23. The van der Waals surface area contributed by atoms with E-state index in [4.69, 9.17) is 15.6 Å². The minimum absolute atomic E-state index is 0.200. The number of hydrogen-bond acceptors (Lipinski definition) is 4. The highest BCUT2D eigenvalue weighted by molar-refractivity contribution is 9.10. The Labute approximate surface area is 100 Å². The average molecular weight is 288 g/mol. The first-order chi connectivity index (χ1) is 7.45. The largest absolute Gasteiger partial charge is 0.496 e.